The molecule has 1 atom stereocenters. The van der Waals surface area contributed by atoms with E-state index in [4.69, 9.17) is 0 Å². The normalized spacial score (nSPS) is 12.8. The van der Waals surface area contributed by atoms with Crippen LogP contribution in [0.4, 0.5) is 0 Å². The SMILES string of the molecule is Cc1nc(C(=O)NCC(O)CC(C)C)cs1. The van der Waals surface area contributed by atoms with E-state index in [1.165, 1.54) is 11.3 Å². The highest BCUT2D eigenvalue weighted by molar-refractivity contribution is 7.09. The van der Waals surface area contributed by atoms with Crippen LogP contribution in [0.2, 0.25) is 0 Å². The number of aryl methyl sites for hydroxylation is 1. The molecule has 0 bridgehead atoms. The van der Waals surface area contributed by atoms with Crippen LogP contribution in [-0.4, -0.2) is 28.6 Å². The van der Waals surface area contributed by atoms with E-state index in [-0.39, 0.29) is 12.5 Å². The van der Waals surface area contributed by atoms with Crippen LogP contribution in [0.5, 0.6) is 0 Å². The Kier molecular flexibility index (Phi) is 4.89. The highest BCUT2D eigenvalue weighted by Crippen LogP contribution is 2.08. The zero-order valence-corrected chi connectivity index (χ0v) is 10.7. The topological polar surface area (TPSA) is 62.2 Å². The Morgan fingerprint density at radius 1 is 1.62 bits per heavy atom. The first-order valence-corrected chi connectivity index (χ1v) is 6.25. The molecule has 1 aromatic heterocycles. The molecule has 1 aromatic rings. The summed E-state index contributed by atoms with van der Waals surface area (Å²) in [7, 11) is 0. The summed E-state index contributed by atoms with van der Waals surface area (Å²) < 4.78 is 0. The molecule has 90 valence electrons. The fourth-order valence-electron chi connectivity index (χ4n) is 1.40. The molecule has 2 N–H and O–H groups in total. The second kappa shape index (κ2) is 5.96. The van der Waals surface area contributed by atoms with Crippen molar-refractivity contribution in [3.05, 3.63) is 16.1 Å². The smallest absolute Gasteiger partial charge is 0.270 e. The predicted octanol–water partition coefficient (Wildman–Crippen LogP) is 1.59. The number of amides is 1. The van der Waals surface area contributed by atoms with Crippen molar-refractivity contribution in [1.29, 1.82) is 0 Å². The number of hydrogen-bond donors (Lipinski definition) is 2. The van der Waals surface area contributed by atoms with E-state index in [0.29, 0.717) is 18.0 Å². The number of aliphatic hydroxyl groups is 1. The van der Waals surface area contributed by atoms with Gasteiger partial charge in [-0.05, 0) is 19.3 Å². The third-order valence-electron chi connectivity index (χ3n) is 2.09. The lowest BCUT2D eigenvalue weighted by molar-refractivity contribution is 0.0896. The molecular weight excluding hydrogens is 224 g/mol. The lowest BCUT2D eigenvalue weighted by Gasteiger charge is -2.13. The predicted molar refractivity (Wildman–Crippen MR) is 64.6 cm³/mol. The maximum atomic E-state index is 11.6. The van der Waals surface area contributed by atoms with Crippen molar-refractivity contribution in [2.75, 3.05) is 6.54 Å². The number of hydrogen-bond acceptors (Lipinski definition) is 4. The molecule has 1 rings (SSSR count). The molecule has 0 radical (unpaired) electrons. The van der Waals surface area contributed by atoms with Crippen molar-refractivity contribution in [2.24, 2.45) is 5.92 Å². The summed E-state index contributed by atoms with van der Waals surface area (Å²) in [5.41, 5.74) is 0.430. The number of nitrogens with one attached hydrogen (secondary N) is 1. The van der Waals surface area contributed by atoms with Gasteiger partial charge in [0.05, 0.1) is 11.1 Å². The Morgan fingerprint density at radius 2 is 2.31 bits per heavy atom. The number of nitrogens with zero attached hydrogens (tertiary/aromatic N) is 1. The fraction of sp³-hybridized carbons (Fsp3) is 0.636. The van der Waals surface area contributed by atoms with Gasteiger partial charge < -0.3 is 10.4 Å². The Balaban J connectivity index is 2.35. The zero-order chi connectivity index (χ0) is 12.1. The maximum absolute atomic E-state index is 11.6. The zero-order valence-electron chi connectivity index (χ0n) is 9.86. The average molecular weight is 242 g/mol. The van der Waals surface area contributed by atoms with Gasteiger partial charge in [0.1, 0.15) is 5.69 Å². The summed E-state index contributed by atoms with van der Waals surface area (Å²) >= 11 is 1.44. The largest absolute Gasteiger partial charge is 0.391 e. The highest BCUT2D eigenvalue weighted by Gasteiger charge is 2.12. The van der Waals surface area contributed by atoms with Crippen molar-refractivity contribution < 1.29 is 9.90 Å². The molecule has 0 saturated carbocycles. The summed E-state index contributed by atoms with van der Waals surface area (Å²) in [5.74, 6) is 0.209. The molecule has 0 spiro atoms. The van der Waals surface area contributed by atoms with Crippen LogP contribution in [-0.2, 0) is 0 Å². The minimum atomic E-state index is -0.483. The van der Waals surface area contributed by atoms with E-state index >= 15 is 0 Å². The first-order valence-electron chi connectivity index (χ1n) is 5.37. The summed E-state index contributed by atoms with van der Waals surface area (Å²) in [4.78, 5) is 15.6. The van der Waals surface area contributed by atoms with Gasteiger partial charge in [-0.1, -0.05) is 13.8 Å². The molecule has 0 aliphatic rings. The van der Waals surface area contributed by atoms with Gasteiger partial charge in [-0.15, -0.1) is 11.3 Å². The minimum Gasteiger partial charge on any atom is -0.391 e. The number of rotatable bonds is 5. The van der Waals surface area contributed by atoms with Crippen molar-refractivity contribution in [3.63, 3.8) is 0 Å². The van der Waals surface area contributed by atoms with Gasteiger partial charge in [-0.2, -0.15) is 0 Å². The van der Waals surface area contributed by atoms with Gasteiger partial charge in [0.15, 0.2) is 0 Å². The van der Waals surface area contributed by atoms with E-state index in [0.717, 1.165) is 5.01 Å². The molecule has 0 aliphatic heterocycles. The maximum Gasteiger partial charge on any atom is 0.270 e. The molecular formula is C11H18N2O2S. The van der Waals surface area contributed by atoms with E-state index < -0.39 is 6.10 Å². The van der Waals surface area contributed by atoms with Crippen LogP contribution in [0.3, 0.4) is 0 Å². The second-order valence-electron chi connectivity index (χ2n) is 4.25. The van der Waals surface area contributed by atoms with E-state index in [2.05, 4.69) is 10.3 Å². The van der Waals surface area contributed by atoms with Crippen molar-refractivity contribution in [1.82, 2.24) is 10.3 Å². The van der Waals surface area contributed by atoms with Crippen LogP contribution < -0.4 is 5.32 Å². The molecule has 4 nitrogen and oxygen atoms in total. The van der Waals surface area contributed by atoms with Gasteiger partial charge in [0.2, 0.25) is 0 Å². The Labute approximate surface area is 99.7 Å². The highest BCUT2D eigenvalue weighted by atomic mass is 32.1. The number of aliphatic hydroxyl groups excluding tert-OH is 1. The van der Waals surface area contributed by atoms with Gasteiger partial charge in [-0.25, -0.2) is 4.98 Å². The number of carbonyl (C=O) groups is 1. The Morgan fingerprint density at radius 3 is 2.81 bits per heavy atom. The molecule has 0 saturated heterocycles. The van der Waals surface area contributed by atoms with Crippen molar-refractivity contribution >= 4 is 17.2 Å². The van der Waals surface area contributed by atoms with E-state index in [1.807, 2.05) is 20.8 Å². The molecule has 0 fully saturated rings. The van der Waals surface area contributed by atoms with Crippen LogP contribution in [0.15, 0.2) is 5.38 Å². The quantitative estimate of drug-likeness (QED) is 0.824. The van der Waals surface area contributed by atoms with E-state index in [9.17, 15) is 9.90 Å². The summed E-state index contributed by atoms with van der Waals surface area (Å²) in [6.45, 7) is 6.21. The number of thiazole rings is 1. The Bertz CT molecular complexity index is 350. The van der Waals surface area contributed by atoms with Crippen molar-refractivity contribution in [2.45, 2.75) is 33.3 Å². The first kappa shape index (κ1) is 13.1. The first-order chi connectivity index (χ1) is 7.49. The third-order valence-corrected chi connectivity index (χ3v) is 2.87. The summed E-state index contributed by atoms with van der Waals surface area (Å²) in [5, 5.41) is 14.9. The monoisotopic (exact) mass is 242 g/mol. The van der Waals surface area contributed by atoms with Gasteiger partial charge in [0, 0.05) is 11.9 Å². The Hall–Kier alpha value is -0.940. The molecule has 5 heteroatoms. The van der Waals surface area contributed by atoms with Gasteiger partial charge in [-0.3, -0.25) is 4.79 Å². The minimum absolute atomic E-state index is 0.216. The summed E-state index contributed by atoms with van der Waals surface area (Å²) in [6.07, 6.45) is 0.208. The second-order valence-corrected chi connectivity index (χ2v) is 5.31. The summed E-state index contributed by atoms with van der Waals surface area (Å²) in [6, 6.07) is 0. The molecule has 16 heavy (non-hydrogen) atoms. The number of aromatic nitrogens is 1. The van der Waals surface area contributed by atoms with Crippen LogP contribution in [0.25, 0.3) is 0 Å². The molecule has 1 unspecified atom stereocenters. The lowest BCUT2D eigenvalue weighted by atomic mass is 10.1. The van der Waals surface area contributed by atoms with Crippen LogP contribution in [0.1, 0.15) is 35.8 Å². The molecule has 0 aromatic carbocycles. The molecule has 0 aliphatic carbocycles. The van der Waals surface area contributed by atoms with Crippen LogP contribution in [0, 0.1) is 12.8 Å². The van der Waals surface area contributed by atoms with Gasteiger partial charge in [0.25, 0.3) is 5.91 Å². The van der Waals surface area contributed by atoms with Gasteiger partial charge >= 0.3 is 0 Å². The molecule has 1 amide bonds. The molecule has 1 heterocycles. The van der Waals surface area contributed by atoms with Crippen LogP contribution >= 0.6 is 11.3 Å². The number of carbonyl (C=O) groups excluding carboxylic acids is 1. The average Bonchev–Trinajstić information content (AvgIpc) is 2.60. The van der Waals surface area contributed by atoms with E-state index in [1.54, 1.807) is 5.38 Å². The fourth-order valence-corrected chi connectivity index (χ4v) is 1.99. The third kappa shape index (κ3) is 4.28. The standard InChI is InChI=1S/C11H18N2O2S/c1-7(2)4-9(14)5-12-11(15)10-6-16-8(3)13-10/h6-7,9,14H,4-5H2,1-3H3,(H,12,15). The lowest BCUT2D eigenvalue weighted by Crippen LogP contribution is -2.32. The van der Waals surface area contributed by atoms with Crippen molar-refractivity contribution in [3.8, 4) is 0 Å².